The van der Waals surface area contributed by atoms with Gasteiger partial charge in [-0.15, -0.1) is 0 Å². The van der Waals surface area contributed by atoms with Crippen molar-refractivity contribution in [3.8, 4) is 11.5 Å². The smallest absolute Gasteiger partial charge is 0.416 e. The molecule has 0 atom stereocenters. The minimum Gasteiger partial charge on any atom is -0.416 e. The van der Waals surface area contributed by atoms with Crippen LogP contribution in [0.15, 0.2) is 91.0 Å². The van der Waals surface area contributed by atoms with Gasteiger partial charge in [0.25, 0.3) is 0 Å². The van der Waals surface area contributed by atoms with Crippen LogP contribution in [0, 0.1) is 0 Å². The van der Waals surface area contributed by atoms with Crippen molar-refractivity contribution < 1.29 is 18.3 Å². The fourth-order valence-electron chi connectivity index (χ4n) is 2.33. The average Bonchev–Trinajstić information content (AvgIpc) is 2.68. The molecule has 5 heteroatoms. The third-order valence-corrected chi connectivity index (χ3v) is 5.30. The molecule has 0 spiro atoms. The summed E-state index contributed by atoms with van der Waals surface area (Å²) in [5, 5.41) is 0. The van der Waals surface area contributed by atoms with Crippen LogP contribution in [0.5, 0.6) is 11.5 Å². The molecule has 3 aromatic rings. The van der Waals surface area contributed by atoms with Crippen molar-refractivity contribution in [2.75, 3.05) is 12.8 Å². The molecule has 0 heterocycles. The molecule has 0 aliphatic heterocycles. The van der Waals surface area contributed by atoms with E-state index in [1.54, 1.807) is 24.3 Å². The van der Waals surface area contributed by atoms with E-state index in [0.717, 1.165) is 5.56 Å². The topological polar surface area (TPSA) is 44.8 Å². The lowest BCUT2D eigenvalue weighted by molar-refractivity contribution is 0.132. The number of hydrogen-bond donors (Lipinski definition) is 0. The summed E-state index contributed by atoms with van der Waals surface area (Å²) >= 11 is 0. The zero-order valence-corrected chi connectivity index (χ0v) is 15.3. The molecule has 26 heavy (non-hydrogen) atoms. The molecule has 0 fully saturated rings. The van der Waals surface area contributed by atoms with Gasteiger partial charge in [0.1, 0.15) is 11.5 Å². The second-order valence-electron chi connectivity index (χ2n) is 5.68. The third kappa shape index (κ3) is 5.76. The van der Waals surface area contributed by atoms with Crippen LogP contribution in [-0.4, -0.2) is 12.8 Å². The van der Waals surface area contributed by atoms with Crippen LogP contribution in [0.4, 0.5) is 0 Å². The van der Waals surface area contributed by atoms with Gasteiger partial charge in [-0.2, -0.15) is 0 Å². The average molecular weight is 368 g/mol. The Morgan fingerprint density at radius 1 is 0.654 bits per heavy atom. The molecule has 3 rings (SSSR count). The Balaban J connectivity index is 1.63. The number of rotatable bonds is 9. The van der Waals surface area contributed by atoms with Gasteiger partial charge >= 0.3 is 7.60 Å². The van der Waals surface area contributed by atoms with Gasteiger partial charge in [0.15, 0.2) is 0 Å². The van der Waals surface area contributed by atoms with Crippen LogP contribution in [0.2, 0.25) is 0 Å². The molecule has 0 saturated heterocycles. The summed E-state index contributed by atoms with van der Waals surface area (Å²) in [6.07, 6.45) is 0.156. The third-order valence-electron chi connectivity index (χ3n) is 3.60. The molecule has 0 bridgehead atoms. The van der Waals surface area contributed by atoms with Crippen LogP contribution >= 0.6 is 7.60 Å². The van der Waals surface area contributed by atoms with E-state index < -0.39 is 7.60 Å². The second-order valence-corrected chi connectivity index (χ2v) is 7.72. The van der Waals surface area contributed by atoms with E-state index in [2.05, 4.69) is 0 Å². The molecule has 134 valence electrons. The minimum absolute atomic E-state index is 0.156. The minimum atomic E-state index is -3.41. The van der Waals surface area contributed by atoms with Crippen LogP contribution in [0.1, 0.15) is 5.56 Å². The highest BCUT2D eigenvalue weighted by Crippen LogP contribution is 2.48. The lowest BCUT2D eigenvalue weighted by atomic mass is 10.2. The molecule has 4 nitrogen and oxygen atoms in total. The van der Waals surface area contributed by atoms with Crippen LogP contribution in [-0.2, 0) is 15.9 Å². The molecule has 0 aliphatic carbocycles. The standard InChI is InChI=1S/C21H21O4P/c22-26(24-20-12-6-2-7-13-20,25-21-14-8-3-9-15-21)17-16-23-18-19-10-4-1-5-11-19/h1-15H,16-18H2. The Kier molecular flexibility index (Phi) is 6.48. The highest BCUT2D eigenvalue weighted by atomic mass is 31.2. The maximum atomic E-state index is 13.2. The van der Waals surface area contributed by atoms with Gasteiger partial charge in [-0.1, -0.05) is 66.7 Å². The van der Waals surface area contributed by atoms with Gasteiger partial charge < -0.3 is 13.8 Å². The van der Waals surface area contributed by atoms with Crippen molar-refractivity contribution in [3.63, 3.8) is 0 Å². The van der Waals surface area contributed by atoms with Crippen molar-refractivity contribution in [1.29, 1.82) is 0 Å². The Bertz CT molecular complexity index is 777. The molecule has 0 aliphatic rings. The quantitative estimate of drug-likeness (QED) is 0.367. The monoisotopic (exact) mass is 368 g/mol. The van der Waals surface area contributed by atoms with Crippen LogP contribution < -0.4 is 9.05 Å². The van der Waals surface area contributed by atoms with E-state index in [-0.39, 0.29) is 12.8 Å². The van der Waals surface area contributed by atoms with Crippen LogP contribution in [0.3, 0.4) is 0 Å². The van der Waals surface area contributed by atoms with Crippen molar-refractivity contribution in [2.45, 2.75) is 6.61 Å². The maximum Gasteiger partial charge on any atom is 0.433 e. The molecular formula is C21H21O4P. The largest absolute Gasteiger partial charge is 0.433 e. The first-order chi connectivity index (χ1) is 12.7. The molecule has 0 unspecified atom stereocenters. The predicted molar refractivity (Wildman–Crippen MR) is 103 cm³/mol. The SMILES string of the molecule is O=P(CCOCc1ccccc1)(Oc1ccccc1)Oc1ccccc1. The van der Waals surface area contributed by atoms with Gasteiger partial charge in [-0.05, 0) is 29.8 Å². The van der Waals surface area contributed by atoms with Gasteiger partial charge in [0.05, 0.1) is 19.4 Å². The predicted octanol–water partition coefficient (Wildman–Crippen LogP) is 5.55. The molecule has 0 radical (unpaired) electrons. The lowest BCUT2D eigenvalue weighted by Crippen LogP contribution is -2.10. The van der Waals surface area contributed by atoms with Gasteiger partial charge in [-0.25, -0.2) is 4.57 Å². The lowest BCUT2D eigenvalue weighted by Gasteiger charge is -2.20. The van der Waals surface area contributed by atoms with E-state index in [9.17, 15) is 4.57 Å². The Hall–Kier alpha value is -2.55. The molecular weight excluding hydrogens is 347 g/mol. The number of para-hydroxylation sites is 2. The van der Waals surface area contributed by atoms with E-state index in [1.807, 2.05) is 66.7 Å². The Morgan fingerprint density at radius 2 is 1.12 bits per heavy atom. The van der Waals surface area contributed by atoms with Gasteiger partial charge in [0, 0.05) is 0 Å². The van der Waals surface area contributed by atoms with Crippen LogP contribution in [0.25, 0.3) is 0 Å². The molecule has 3 aromatic carbocycles. The number of hydrogen-bond acceptors (Lipinski definition) is 4. The van der Waals surface area contributed by atoms with Crippen molar-refractivity contribution >= 4 is 7.60 Å². The summed E-state index contributed by atoms with van der Waals surface area (Å²) in [5.41, 5.74) is 1.07. The first kappa shape index (κ1) is 18.2. The highest BCUT2D eigenvalue weighted by molar-refractivity contribution is 7.54. The second kappa shape index (κ2) is 9.23. The van der Waals surface area contributed by atoms with E-state index in [1.165, 1.54) is 0 Å². The van der Waals surface area contributed by atoms with Crippen molar-refractivity contribution in [2.24, 2.45) is 0 Å². The summed E-state index contributed by atoms with van der Waals surface area (Å²) in [5.74, 6) is 1.02. The zero-order valence-electron chi connectivity index (χ0n) is 14.4. The van der Waals surface area contributed by atoms with Crippen molar-refractivity contribution in [3.05, 3.63) is 96.6 Å². The summed E-state index contributed by atoms with van der Waals surface area (Å²) < 4.78 is 30.3. The number of ether oxygens (including phenoxy) is 1. The zero-order chi connectivity index (χ0) is 18.1. The van der Waals surface area contributed by atoms with Gasteiger partial charge in [-0.3, -0.25) is 0 Å². The van der Waals surface area contributed by atoms with Crippen molar-refractivity contribution in [1.82, 2.24) is 0 Å². The first-order valence-corrected chi connectivity index (χ1v) is 10.2. The normalized spacial score (nSPS) is 11.1. The molecule has 0 amide bonds. The summed E-state index contributed by atoms with van der Waals surface area (Å²) in [6, 6.07) is 27.9. The highest BCUT2D eigenvalue weighted by Gasteiger charge is 2.28. The summed E-state index contributed by atoms with van der Waals surface area (Å²) in [7, 11) is -3.41. The van der Waals surface area contributed by atoms with E-state index >= 15 is 0 Å². The fraction of sp³-hybridized carbons (Fsp3) is 0.143. The molecule has 0 N–H and O–H groups in total. The van der Waals surface area contributed by atoms with E-state index in [4.69, 9.17) is 13.8 Å². The first-order valence-electron chi connectivity index (χ1n) is 8.44. The number of benzene rings is 3. The van der Waals surface area contributed by atoms with Gasteiger partial charge in [0.2, 0.25) is 0 Å². The van der Waals surface area contributed by atoms with E-state index in [0.29, 0.717) is 18.1 Å². The Labute approximate surface area is 153 Å². The summed E-state index contributed by atoms with van der Waals surface area (Å²) in [6.45, 7) is 0.726. The Morgan fingerprint density at radius 3 is 1.62 bits per heavy atom. The molecule has 0 saturated carbocycles. The summed E-state index contributed by atoms with van der Waals surface area (Å²) in [4.78, 5) is 0. The molecule has 0 aromatic heterocycles. The fourth-order valence-corrected chi connectivity index (χ4v) is 3.79. The maximum absolute atomic E-state index is 13.2.